The van der Waals surface area contributed by atoms with Gasteiger partial charge in [-0.05, 0) is 36.8 Å². The van der Waals surface area contributed by atoms with E-state index in [0.717, 1.165) is 5.56 Å². The van der Waals surface area contributed by atoms with E-state index in [4.69, 9.17) is 16.3 Å². The lowest BCUT2D eigenvalue weighted by Gasteiger charge is -2.10. The normalized spacial score (nSPS) is 11.6. The van der Waals surface area contributed by atoms with E-state index in [0.29, 0.717) is 21.4 Å². The van der Waals surface area contributed by atoms with E-state index in [-0.39, 0.29) is 5.56 Å². The fourth-order valence-corrected chi connectivity index (χ4v) is 3.18. The van der Waals surface area contributed by atoms with Gasteiger partial charge in [-0.2, -0.15) is 0 Å². The SMILES string of the molecule is CC[S@](=O)c1ccccc1C(=O)OCC(=O)Nc1ccc(C)c(Cl)c1. The number of carbonyl (C=O) groups excluding carboxylic acids is 2. The van der Waals surface area contributed by atoms with Crippen molar-refractivity contribution in [2.45, 2.75) is 18.7 Å². The monoisotopic (exact) mass is 379 g/mol. The molecule has 0 saturated carbocycles. The zero-order valence-corrected chi connectivity index (χ0v) is 15.4. The summed E-state index contributed by atoms with van der Waals surface area (Å²) in [6.07, 6.45) is 0. The highest BCUT2D eigenvalue weighted by Gasteiger charge is 2.17. The van der Waals surface area contributed by atoms with E-state index in [1.165, 1.54) is 6.07 Å². The highest BCUT2D eigenvalue weighted by Crippen LogP contribution is 2.20. The van der Waals surface area contributed by atoms with Crippen LogP contribution in [0, 0.1) is 6.92 Å². The molecule has 0 aliphatic rings. The molecule has 0 radical (unpaired) electrons. The fraction of sp³-hybridized carbons (Fsp3) is 0.222. The Morgan fingerprint density at radius 3 is 2.60 bits per heavy atom. The molecule has 0 spiro atoms. The smallest absolute Gasteiger partial charge is 0.339 e. The van der Waals surface area contributed by atoms with Gasteiger partial charge in [0.05, 0.1) is 21.3 Å². The van der Waals surface area contributed by atoms with E-state index in [1.54, 1.807) is 43.3 Å². The van der Waals surface area contributed by atoms with Gasteiger partial charge in [-0.15, -0.1) is 0 Å². The summed E-state index contributed by atoms with van der Waals surface area (Å²) in [7, 11) is -1.29. The second-order valence-electron chi connectivity index (χ2n) is 5.22. The van der Waals surface area contributed by atoms with Crippen LogP contribution in [-0.2, 0) is 20.3 Å². The molecule has 0 unspecified atom stereocenters. The van der Waals surface area contributed by atoms with E-state index in [2.05, 4.69) is 5.32 Å². The molecule has 0 aromatic heterocycles. The van der Waals surface area contributed by atoms with E-state index in [9.17, 15) is 13.8 Å². The minimum atomic E-state index is -1.29. The van der Waals surface area contributed by atoms with Gasteiger partial charge in [-0.1, -0.05) is 36.7 Å². The van der Waals surface area contributed by atoms with Gasteiger partial charge < -0.3 is 10.1 Å². The molecule has 0 aliphatic heterocycles. The van der Waals surface area contributed by atoms with Crippen molar-refractivity contribution in [1.82, 2.24) is 0 Å². The van der Waals surface area contributed by atoms with Gasteiger partial charge in [0.1, 0.15) is 0 Å². The number of aryl methyl sites for hydroxylation is 1. The second kappa shape index (κ2) is 8.78. The maximum absolute atomic E-state index is 12.2. The Hall–Kier alpha value is -2.18. The molecule has 1 atom stereocenters. The first-order chi connectivity index (χ1) is 11.9. The summed E-state index contributed by atoms with van der Waals surface area (Å²) in [5, 5.41) is 3.14. The molecule has 2 rings (SSSR count). The summed E-state index contributed by atoms with van der Waals surface area (Å²) in [4.78, 5) is 24.5. The fourth-order valence-electron chi connectivity index (χ4n) is 2.07. The van der Waals surface area contributed by atoms with Crippen molar-refractivity contribution in [1.29, 1.82) is 0 Å². The lowest BCUT2D eigenvalue weighted by molar-refractivity contribution is -0.119. The number of rotatable bonds is 6. The molecule has 2 aromatic rings. The molecule has 0 bridgehead atoms. The molecule has 7 heteroatoms. The zero-order valence-electron chi connectivity index (χ0n) is 13.9. The second-order valence-corrected chi connectivity index (χ2v) is 7.33. The molecule has 1 amide bonds. The molecule has 0 heterocycles. The third-order valence-electron chi connectivity index (χ3n) is 3.40. The van der Waals surface area contributed by atoms with Gasteiger partial charge >= 0.3 is 5.97 Å². The predicted octanol–water partition coefficient (Wildman–Crippen LogP) is 3.57. The molecule has 2 aromatic carbocycles. The molecular weight excluding hydrogens is 362 g/mol. The number of hydrogen-bond donors (Lipinski definition) is 1. The van der Waals surface area contributed by atoms with Gasteiger partial charge in [0, 0.05) is 16.5 Å². The molecule has 132 valence electrons. The molecular formula is C18H18ClNO4S. The average Bonchev–Trinajstić information content (AvgIpc) is 2.62. The number of anilines is 1. The summed E-state index contributed by atoms with van der Waals surface area (Å²) in [5.41, 5.74) is 1.62. The van der Waals surface area contributed by atoms with Crippen molar-refractivity contribution in [3.63, 3.8) is 0 Å². The Morgan fingerprint density at radius 1 is 1.20 bits per heavy atom. The molecule has 0 aliphatic carbocycles. The summed E-state index contributed by atoms with van der Waals surface area (Å²) in [6, 6.07) is 11.6. The third-order valence-corrected chi connectivity index (χ3v) is 5.18. The topological polar surface area (TPSA) is 72.5 Å². The van der Waals surface area contributed by atoms with E-state index >= 15 is 0 Å². The number of carbonyl (C=O) groups is 2. The zero-order chi connectivity index (χ0) is 18.4. The highest BCUT2D eigenvalue weighted by atomic mass is 35.5. The van der Waals surface area contributed by atoms with E-state index < -0.39 is 29.3 Å². The van der Waals surface area contributed by atoms with Crippen molar-refractivity contribution in [3.05, 3.63) is 58.6 Å². The Kier molecular flexibility index (Phi) is 6.73. The predicted molar refractivity (Wildman–Crippen MR) is 98.5 cm³/mol. The summed E-state index contributed by atoms with van der Waals surface area (Å²) in [6.45, 7) is 3.17. The van der Waals surface area contributed by atoms with Gasteiger partial charge in [-0.3, -0.25) is 9.00 Å². The maximum atomic E-state index is 12.2. The minimum absolute atomic E-state index is 0.203. The number of hydrogen-bond acceptors (Lipinski definition) is 4. The molecule has 25 heavy (non-hydrogen) atoms. The number of amides is 1. The largest absolute Gasteiger partial charge is 0.452 e. The van der Waals surface area contributed by atoms with Crippen molar-refractivity contribution in [2.24, 2.45) is 0 Å². The summed E-state index contributed by atoms with van der Waals surface area (Å²) < 4.78 is 17.0. The highest BCUT2D eigenvalue weighted by molar-refractivity contribution is 7.85. The summed E-state index contributed by atoms with van der Waals surface area (Å²) >= 11 is 6.00. The first kappa shape index (κ1) is 19.1. The Bertz CT molecular complexity index is 822. The Labute approximate surface area is 153 Å². The average molecular weight is 380 g/mol. The van der Waals surface area contributed by atoms with Crippen LogP contribution in [0.5, 0.6) is 0 Å². The van der Waals surface area contributed by atoms with Crippen molar-refractivity contribution in [2.75, 3.05) is 17.7 Å². The van der Waals surface area contributed by atoms with Gasteiger partial charge in [0.2, 0.25) is 0 Å². The van der Waals surface area contributed by atoms with Crippen LogP contribution < -0.4 is 5.32 Å². The number of ether oxygens (including phenoxy) is 1. The van der Waals surface area contributed by atoms with Crippen LogP contribution in [0.4, 0.5) is 5.69 Å². The van der Waals surface area contributed by atoms with Crippen LogP contribution >= 0.6 is 11.6 Å². The molecule has 1 N–H and O–H groups in total. The van der Waals surface area contributed by atoms with Gasteiger partial charge in [-0.25, -0.2) is 4.79 Å². The van der Waals surface area contributed by atoms with Crippen molar-refractivity contribution >= 4 is 40.0 Å². The van der Waals surface area contributed by atoms with Crippen LogP contribution in [0.1, 0.15) is 22.8 Å². The third kappa shape index (κ3) is 5.14. The van der Waals surface area contributed by atoms with E-state index in [1.807, 2.05) is 6.92 Å². The number of benzene rings is 2. The maximum Gasteiger partial charge on any atom is 0.339 e. The van der Waals surface area contributed by atoms with Crippen LogP contribution in [0.2, 0.25) is 5.02 Å². The van der Waals surface area contributed by atoms with Crippen LogP contribution in [0.3, 0.4) is 0 Å². The Balaban J connectivity index is 1.99. The van der Waals surface area contributed by atoms with Crippen LogP contribution in [-0.4, -0.2) is 28.4 Å². The first-order valence-corrected chi connectivity index (χ1v) is 9.32. The Morgan fingerprint density at radius 2 is 1.92 bits per heavy atom. The lowest BCUT2D eigenvalue weighted by Crippen LogP contribution is -2.21. The molecule has 0 saturated heterocycles. The number of esters is 1. The number of nitrogens with one attached hydrogen (secondary N) is 1. The minimum Gasteiger partial charge on any atom is -0.452 e. The molecule has 5 nitrogen and oxygen atoms in total. The quantitative estimate of drug-likeness (QED) is 0.779. The number of halogens is 1. The summed E-state index contributed by atoms with van der Waals surface area (Å²) in [5.74, 6) is -0.782. The standard InChI is InChI=1S/C18H18ClNO4S/c1-3-25(23)16-7-5-4-6-14(16)18(22)24-11-17(21)20-13-9-8-12(2)15(19)10-13/h4-10H,3,11H2,1-2H3,(H,20,21)/t25-/m0/s1. The van der Waals surface area contributed by atoms with Crippen LogP contribution in [0.25, 0.3) is 0 Å². The van der Waals surface area contributed by atoms with Crippen LogP contribution in [0.15, 0.2) is 47.4 Å². The van der Waals surface area contributed by atoms with Crippen molar-refractivity contribution in [3.8, 4) is 0 Å². The molecule has 0 fully saturated rings. The van der Waals surface area contributed by atoms with Crippen molar-refractivity contribution < 1.29 is 18.5 Å². The first-order valence-electron chi connectivity index (χ1n) is 7.63. The lowest BCUT2D eigenvalue weighted by atomic mass is 10.2. The van der Waals surface area contributed by atoms with Gasteiger partial charge in [0.15, 0.2) is 6.61 Å². The van der Waals surface area contributed by atoms with Gasteiger partial charge in [0.25, 0.3) is 5.91 Å².